The normalized spacial score (nSPS) is 21.7. The van der Waals surface area contributed by atoms with E-state index in [0.29, 0.717) is 39.2 Å². The minimum Gasteiger partial charge on any atom is -0.489 e. The highest BCUT2D eigenvalue weighted by molar-refractivity contribution is 5.43. The van der Waals surface area contributed by atoms with E-state index < -0.39 is 37.3 Å². The van der Waals surface area contributed by atoms with Gasteiger partial charge in [-0.25, -0.2) is 0 Å². The summed E-state index contributed by atoms with van der Waals surface area (Å²) in [4.78, 5) is 0. The molecule has 10 nitrogen and oxygen atoms in total. The van der Waals surface area contributed by atoms with E-state index in [0.717, 1.165) is 33.7 Å². The lowest BCUT2D eigenvalue weighted by Gasteiger charge is -2.39. The molecule has 0 amide bonds. The molecule has 0 aliphatic carbocycles. The van der Waals surface area contributed by atoms with E-state index >= 15 is 0 Å². The van der Waals surface area contributed by atoms with E-state index in [9.17, 15) is 20.4 Å². The third kappa shape index (κ3) is 7.65. The fourth-order valence-corrected chi connectivity index (χ4v) is 5.27. The summed E-state index contributed by atoms with van der Waals surface area (Å²) in [5, 5.41) is 45.7. The molecular formula is C34H40N2O8. The predicted octanol–water partition coefficient (Wildman–Crippen LogP) is 3.01. The zero-order valence-corrected chi connectivity index (χ0v) is 24.7. The number of benzene rings is 3. The average Bonchev–Trinajstić information content (AvgIpc) is 3.39. The maximum Gasteiger partial charge on any atom is 0.239 e. The molecule has 44 heavy (non-hydrogen) atoms. The van der Waals surface area contributed by atoms with E-state index in [1.54, 1.807) is 0 Å². The summed E-state index contributed by atoms with van der Waals surface area (Å²) in [6.45, 7) is 3.20. The molecule has 0 radical (unpaired) electrons. The molecular weight excluding hydrogens is 564 g/mol. The Kier molecular flexibility index (Phi) is 11.0. The highest BCUT2D eigenvalue weighted by Crippen LogP contribution is 2.32. The smallest absolute Gasteiger partial charge is 0.239 e. The Labute approximate surface area is 257 Å². The molecule has 1 fully saturated rings. The third-order valence-electron chi connectivity index (χ3n) is 7.68. The monoisotopic (exact) mass is 604 g/mol. The van der Waals surface area contributed by atoms with Gasteiger partial charge in [0.25, 0.3) is 0 Å². The first-order valence-electron chi connectivity index (χ1n) is 14.9. The van der Waals surface area contributed by atoms with Gasteiger partial charge in [-0.3, -0.25) is 4.68 Å². The molecule has 1 unspecified atom stereocenters. The van der Waals surface area contributed by atoms with Crippen LogP contribution in [0.3, 0.4) is 0 Å². The summed E-state index contributed by atoms with van der Waals surface area (Å²) in [5.74, 6) is 0.934. The lowest BCUT2D eigenvalue weighted by Crippen LogP contribution is -2.60. The van der Waals surface area contributed by atoms with E-state index in [1.165, 1.54) is 0 Å². The first-order chi connectivity index (χ1) is 21.5. The molecule has 0 saturated carbocycles. The van der Waals surface area contributed by atoms with Crippen molar-refractivity contribution in [3.63, 3.8) is 0 Å². The van der Waals surface area contributed by atoms with Gasteiger partial charge < -0.3 is 39.4 Å². The molecule has 1 aliphatic heterocycles. The molecule has 2 heterocycles. The zero-order chi connectivity index (χ0) is 30.9. The number of hydrogen-bond donors (Lipinski definition) is 4. The quantitative estimate of drug-likeness (QED) is 0.160. The van der Waals surface area contributed by atoms with Crippen molar-refractivity contribution in [3.8, 4) is 11.6 Å². The van der Waals surface area contributed by atoms with Crippen LogP contribution in [0.5, 0.6) is 11.6 Å². The molecule has 1 aromatic heterocycles. The summed E-state index contributed by atoms with van der Waals surface area (Å²) < 4.78 is 25.7. The van der Waals surface area contributed by atoms with Crippen molar-refractivity contribution in [1.82, 2.24) is 9.78 Å². The second-order valence-corrected chi connectivity index (χ2v) is 10.7. The summed E-state index contributed by atoms with van der Waals surface area (Å²) in [6, 6.07) is 27.6. The maximum atomic E-state index is 10.7. The van der Waals surface area contributed by atoms with E-state index in [-0.39, 0.29) is 5.88 Å². The molecule has 5 rings (SSSR count). The summed E-state index contributed by atoms with van der Waals surface area (Å²) in [7, 11) is 0. The van der Waals surface area contributed by atoms with Crippen molar-refractivity contribution < 1.29 is 39.4 Å². The van der Waals surface area contributed by atoms with Crippen molar-refractivity contribution in [2.75, 3.05) is 13.2 Å². The lowest BCUT2D eigenvalue weighted by molar-refractivity contribution is -0.278. The Morgan fingerprint density at radius 1 is 0.818 bits per heavy atom. The first kappa shape index (κ1) is 31.6. The number of aliphatic hydroxyl groups is 4. The largest absolute Gasteiger partial charge is 0.489 e. The van der Waals surface area contributed by atoms with Crippen LogP contribution in [0.2, 0.25) is 0 Å². The van der Waals surface area contributed by atoms with Crippen LogP contribution in [0.15, 0.2) is 84.9 Å². The Morgan fingerprint density at radius 3 is 2.16 bits per heavy atom. The van der Waals surface area contributed by atoms with Crippen LogP contribution in [0.4, 0.5) is 0 Å². The molecule has 4 N–H and O–H groups in total. The van der Waals surface area contributed by atoms with Gasteiger partial charge in [-0.15, -0.1) is 5.10 Å². The van der Waals surface area contributed by atoms with Gasteiger partial charge in [-0.1, -0.05) is 85.8 Å². The standard InChI is InChI=1S/C34H40N2O8/c1-2-27-26(19-25-15-9-10-16-28(25)42-22-24-13-7-4-8-14-24)33(44-34-32(40)31(39)30(38)29(20-37)43-34)35-36(27)17-18-41-21-23-11-5-3-6-12-23/h3-16,29-32,34,37-40H,2,17-22H2,1H3/t29-,30-,31+,32-,34?/m1/s1. The van der Waals surface area contributed by atoms with Crippen LogP contribution in [-0.2, 0) is 42.1 Å². The molecule has 5 atom stereocenters. The molecule has 3 aromatic carbocycles. The number of ether oxygens (including phenoxy) is 4. The summed E-state index contributed by atoms with van der Waals surface area (Å²) >= 11 is 0. The average molecular weight is 605 g/mol. The Morgan fingerprint density at radius 2 is 1.48 bits per heavy atom. The first-order valence-corrected chi connectivity index (χ1v) is 14.9. The van der Waals surface area contributed by atoms with Gasteiger partial charge in [0.15, 0.2) is 0 Å². The molecule has 1 saturated heterocycles. The number of hydrogen-bond acceptors (Lipinski definition) is 9. The molecule has 4 aromatic rings. The van der Waals surface area contributed by atoms with E-state index in [2.05, 4.69) is 0 Å². The van der Waals surface area contributed by atoms with Gasteiger partial charge in [0, 0.05) is 17.7 Å². The van der Waals surface area contributed by atoms with Crippen molar-refractivity contribution in [1.29, 1.82) is 0 Å². The van der Waals surface area contributed by atoms with Gasteiger partial charge in [-0.05, 0) is 29.2 Å². The Hall–Kier alpha value is -3.77. The van der Waals surface area contributed by atoms with Gasteiger partial charge in [0.05, 0.1) is 26.4 Å². The molecule has 234 valence electrons. The Bertz CT molecular complexity index is 1450. The number of nitrogens with zero attached hydrogens (tertiary/aromatic N) is 2. The van der Waals surface area contributed by atoms with E-state index in [4.69, 9.17) is 24.0 Å². The lowest BCUT2D eigenvalue weighted by atomic mass is 9.99. The molecule has 1 aliphatic rings. The minimum absolute atomic E-state index is 0.215. The van der Waals surface area contributed by atoms with Crippen LogP contribution in [-0.4, -0.2) is 74.1 Å². The van der Waals surface area contributed by atoms with Crippen LogP contribution in [0.1, 0.15) is 34.9 Å². The highest BCUT2D eigenvalue weighted by atomic mass is 16.7. The van der Waals surface area contributed by atoms with Crippen molar-refractivity contribution in [2.45, 2.75) is 70.2 Å². The van der Waals surface area contributed by atoms with Gasteiger partial charge in [-0.2, -0.15) is 0 Å². The van der Waals surface area contributed by atoms with Gasteiger partial charge in [0.1, 0.15) is 36.8 Å². The van der Waals surface area contributed by atoms with Gasteiger partial charge in [0.2, 0.25) is 12.2 Å². The maximum absolute atomic E-state index is 10.7. The SMILES string of the molecule is CCc1c(Cc2ccccc2OCc2ccccc2)c(OC2O[C@H](CO)[C@@H](O)[C@H](O)[C@H]2O)nn1CCOCc1ccccc1. The number of para-hydroxylation sites is 1. The number of aliphatic hydroxyl groups excluding tert-OH is 4. The van der Waals surface area contributed by atoms with Crippen molar-refractivity contribution >= 4 is 0 Å². The number of aromatic nitrogens is 2. The number of rotatable bonds is 14. The topological polar surface area (TPSA) is 136 Å². The molecule has 0 spiro atoms. The predicted molar refractivity (Wildman–Crippen MR) is 162 cm³/mol. The fraction of sp³-hybridized carbons (Fsp3) is 0.382. The summed E-state index contributed by atoms with van der Waals surface area (Å²) in [5.41, 5.74) is 4.71. The van der Waals surface area contributed by atoms with Crippen molar-refractivity contribution in [2.24, 2.45) is 0 Å². The van der Waals surface area contributed by atoms with Crippen LogP contribution in [0.25, 0.3) is 0 Å². The van der Waals surface area contributed by atoms with Gasteiger partial charge >= 0.3 is 0 Å². The third-order valence-corrected chi connectivity index (χ3v) is 7.68. The van der Waals surface area contributed by atoms with Crippen LogP contribution in [0, 0.1) is 0 Å². The van der Waals surface area contributed by atoms with Crippen molar-refractivity contribution in [3.05, 3.63) is 113 Å². The van der Waals surface area contributed by atoms with Crippen LogP contribution >= 0.6 is 0 Å². The Balaban J connectivity index is 1.40. The fourth-order valence-electron chi connectivity index (χ4n) is 5.27. The molecule has 10 heteroatoms. The minimum atomic E-state index is -1.57. The second-order valence-electron chi connectivity index (χ2n) is 10.7. The van der Waals surface area contributed by atoms with E-state index in [1.807, 2.05) is 96.5 Å². The highest BCUT2D eigenvalue weighted by Gasteiger charge is 2.45. The summed E-state index contributed by atoms with van der Waals surface area (Å²) in [6.07, 6.45) is -6.05. The second kappa shape index (κ2) is 15.3. The van der Waals surface area contributed by atoms with Crippen LogP contribution < -0.4 is 9.47 Å². The molecule has 0 bridgehead atoms. The zero-order valence-electron chi connectivity index (χ0n) is 24.7.